The highest BCUT2D eigenvalue weighted by Crippen LogP contribution is 2.46. The van der Waals surface area contributed by atoms with Crippen molar-refractivity contribution in [1.82, 2.24) is 0 Å². The quantitative estimate of drug-likeness (QED) is 0.186. The molecule has 2 heteroatoms. The number of hydrogen-bond acceptors (Lipinski definition) is 2. The van der Waals surface area contributed by atoms with Crippen LogP contribution in [0.4, 0.5) is 17.1 Å². The summed E-state index contributed by atoms with van der Waals surface area (Å²) in [6, 6.07) is 62.7. The van der Waals surface area contributed by atoms with Crippen LogP contribution in [-0.2, 0) is 0 Å². The third-order valence-electron chi connectivity index (χ3n) is 9.04. The molecule has 0 aliphatic heterocycles. The van der Waals surface area contributed by atoms with Gasteiger partial charge in [-0.05, 0) is 63.9 Å². The number of furan rings is 1. The largest absolute Gasteiger partial charge is 0.456 e. The molecule has 0 radical (unpaired) electrons. The lowest BCUT2D eigenvalue weighted by Gasteiger charge is -2.29. The van der Waals surface area contributed by atoms with Gasteiger partial charge in [0.1, 0.15) is 11.2 Å². The average Bonchev–Trinajstić information content (AvgIpc) is 3.52. The van der Waals surface area contributed by atoms with E-state index in [1.54, 1.807) is 0 Å². The summed E-state index contributed by atoms with van der Waals surface area (Å²) in [6.45, 7) is 0. The van der Waals surface area contributed by atoms with E-state index in [0.29, 0.717) is 0 Å². The first-order valence-electron chi connectivity index (χ1n) is 15.7. The van der Waals surface area contributed by atoms with Crippen molar-refractivity contribution < 1.29 is 4.42 Å². The van der Waals surface area contributed by atoms with Crippen LogP contribution in [0.3, 0.4) is 0 Å². The normalized spacial score (nSPS) is 11.5. The van der Waals surface area contributed by atoms with Crippen LogP contribution in [0.2, 0.25) is 0 Å². The van der Waals surface area contributed by atoms with Gasteiger partial charge in [0.25, 0.3) is 0 Å². The zero-order chi connectivity index (χ0) is 30.5. The molecule has 9 aromatic rings. The van der Waals surface area contributed by atoms with Gasteiger partial charge in [0.15, 0.2) is 0 Å². The Hall–Kier alpha value is -6.12. The van der Waals surface area contributed by atoms with E-state index in [0.717, 1.165) is 39.0 Å². The molecule has 0 amide bonds. The second-order valence-electron chi connectivity index (χ2n) is 11.7. The fourth-order valence-electron chi connectivity index (χ4n) is 6.97. The molecular formula is C44H29NO. The Morgan fingerprint density at radius 3 is 1.89 bits per heavy atom. The number of hydrogen-bond donors (Lipinski definition) is 0. The van der Waals surface area contributed by atoms with Crippen LogP contribution in [0.5, 0.6) is 0 Å². The van der Waals surface area contributed by atoms with E-state index in [2.05, 4.69) is 175 Å². The second kappa shape index (κ2) is 10.8. The maximum Gasteiger partial charge on any atom is 0.136 e. The molecule has 0 spiro atoms. The minimum absolute atomic E-state index is 0.911. The van der Waals surface area contributed by atoms with Crippen LogP contribution in [0.25, 0.3) is 65.7 Å². The Bertz CT molecular complexity index is 2530. The molecule has 0 saturated carbocycles. The molecule has 0 N–H and O–H groups in total. The highest BCUT2D eigenvalue weighted by molar-refractivity contribution is 6.28. The molecule has 1 aromatic heterocycles. The number of rotatable bonds is 5. The number of nitrogens with zero attached hydrogens (tertiary/aromatic N) is 1. The van der Waals surface area contributed by atoms with E-state index in [-0.39, 0.29) is 0 Å². The first kappa shape index (κ1) is 26.3. The van der Waals surface area contributed by atoms with Crippen molar-refractivity contribution in [3.8, 4) is 22.3 Å². The minimum Gasteiger partial charge on any atom is -0.456 e. The monoisotopic (exact) mass is 587 g/mol. The lowest BCUT2D eigenvalue weighted by atomic mass is 9.95. The zero-order valence-corrected chi connectivity index (χ0v) is 25.1. The van der Waals surface area contributed by atoms with E-state index < -0.39 is 0 Å². The fourth-order valence-corrected chi connectivity index (χ4v) is 6.97. The molecule has 46 heavy (non-hydrogen) atoms. The summed E-state index contributed by atoms with van der Waals surface area (Å²) in [7, 11) is 0. The summed E-state index contributed by atoms with van der Waals surface area (Å²) >= 11 is 0. The van der Waals surface area contributed by atoms with E-state index in [9.17, 15) is 0 Å². The van der Waals surface area contributed by atoms with Crippen LogP contribution < -0.4 is 4.90 Å². The van der Waals surface area contributed by atoms with Gasteiger partial charge in [-0.1, -0.05) is 140 Å². The van der Waals surface area contributed by atoms with Gasteiger partial charge in [0.05, 0.1) is 11.4 Å². The zero-order valence-electron chi connectivity index (χ0n) is 25.1. The van der Waals surface area contributed by atoms with Crippen molar-refractivity contribution >= 4 is 60.5 Å². The number of para-hydroxylation sites is 2. The summed E-state index contributed by atoms with van der Waals surface area (Å²) in [5, 5.41) is 7.11. The molecule has 0 unspecified atom stereocenters. The number of anilines is 3. The molecule has 0 aliphatic carbocycles. The fraction of sp³-hybridized carbons (Fsp3) is 0. The van der Waals surface area contributed by atoms with E-state index in [4.69, 9.17) is 4.42 Å². The molecule has 9 rings (SSSR count). The van der Waals surface area contributed by atoms with Crippen LogP contribution >= 0.6 is 0 Å². The Kier molecular flexibility index (Phi) is 6.17. The molecule has 0 bridgehead atoms. The van der Waals surface area contributed by atoms with Crippen molar-refractivity contribution in [1.29, 1.82) is 0 Å². The Balaban J connectivity index is 1.36. The SMILES string of the molecule is c1ccc(-c2cccc(N(c3ccccc3-c3ccccc3)c3cccc4c3ccc3ccc5oc6ccccc6c5c34)c2)cc1. The van der Waals surface area contributed by atoms with Gasteiger partial charge in [0.2, 0.25) is 0 Å². The first-order valence-corrected chi connectivity index (χ1v) is 15.7. The lowest BCUT2D eigenvalue weighted by molar-refractivity contribution is 0.669. The van der Waals surface area contributed by atoms with Crippen LogP contribution in [0.15, 0.2) is 180 Å². The molecule has 0 aliphatic rings. The number of benzene rings is 8. The van der Waals surface area contributed by atoms with Gasteiger partial charge in [-0.2, -0.15) is 0 Å². The van der Waals surface area contributed by atoms with Crippen molar-refractivity contribution in [3.05, 3.63) is 176 Å². The summed E-state index contributed by atoms with van der Waals surface area (Å²) in [5.41, 5.74) is 9.90. The standard InChI is InChI=1S/C44H29NO/c1-3-13-30(14-4-1)33-17-11-18-34(29-33)45(39-22-9-7-19-35(39)31-15-5-2-6-16-31)40-23-12-21-37-36(40)27-25-32-26-28-42-44(43(32)37)38-20-8-10-24-41(38)46-42/h1-29H. The van der Waals surface area contributed by atoms with Crippen molar-refractivity contribution in [2.75, 3.05) is 4.90 Å². The lowest BCUT2D eigenvalue weighted by Crippen LogP contribution is -2.12. The van der Waals surface area contributed by atoms with Gasteiger partial charge in [0, 0.05) is 32.8 Å². The summed E-state index contributed by atoms with van der Waals surface area (Å²) in [6.07, 6.45) is 0. The molecule has 0 atom stereocenters. The van der Waals surface area contributed by atoms with Gasteiger partial charge >= 0.3 is 0 Å². The number of fused-ring (bicyclic) bond motifs is 7. The highest BCUT2D eigenvalue weighted by atomic mass is 16.3. The first-order chi connectivity index (χ1) is 22.8. The summed E-state index contributed by atoms with van der Waals surface area (Å²) < 4.78 is 6.34. The molecular weight excluding hydrogens is 558 g/mol. The third kappa shape index (κ3) is 4.27. The Morgan fingerprint density at radius 1 is 0.370 bits per heavy atom. The molecule has 0 fully saturated rings. The molecule has 1 heterocycles. The van der Waals surface area contributed by atoms with Crippen molar-refractivity contribution in [2.45, 2.75) is 0 Å². The third-order valence-corrected chi connectivity index (χ3v) is 9.04. The average molecular weight is 588 g/mol. The highest BCUT2D eigenvalue weighted by Gasteiger charge is 2.21. The Labute approximate surface area is 267 Å². The topological polar surface area (TPSA) is 16.4 Å². The second-order valence-corrected chi connectivity index (χ2v) is 11.7. The van der Waals surface area contributed by atoms with Gasteiger partial charge in [-0.15, -0.1) is 0 Å². The smallest absolute Gasteiger partial charge is 0.136 e. The van der Waals surface area contributed by atoms with Crippen LogP contribution in [0, 0.1) is 0 Å². The van der Waals surface area contributed by atoms with Gasteiger partial charge in [-0.25, -0.2) is 0 Å². The van der Waals surface area contributed by atoms with Crippen molar-refractivity contribution in [3.63, 3.8) is 0 Å². The molecule has 2 nitrogen and oxygen atoms in total. The maximum absolute atomic E-state index is 6.34. The predicted molar refractivity (Wildman–Crippen MR) is 194 cm³/mol. The molecule has 216 valence electrons. The van der Waals surface area contributed by atoms with E-state index in [1.165, 1.54) is 43.8 Å². The summed E-state index contributed by atoms with van der Waals surface area (Å²) in [5.74, 6) is 0. The Morgan fingerprint density at radius 2 is 1.02 bits per heavy atom. The molecule has 8 aromatic carbocycles. The van der Waals surface area contributed by atoms with Gasteiger partial charge in [-0.3, -0.25) is 0 Å². The van der Waals surface area contributed by atoms with Crippen LogP contribution in [-0.4, -0.2) is 0 Å². The van der Waals surface area contributed by atoms with E-state index >= 15 is 0 Å². The van der Waals surface area contributed by atoms with Gasteiger partial charge < -0.3 is 9.32 Å². The predicted octanol–water partition coefficient (Wildman–Crippen LogP) is 12.7. The van der Waals surface area contributed by atoms with E-state index in [1.807, 2.05) is 6.07 Å². The van der Waals surface area contributed by atoms with Crippen molar-refractivity contribution in [2.24, 2.45) is 0 Å². The minimum atomic E-state index is 0.911. The maximum atomic E-state index is 6.34. The molecule has 0 saturated heterocycles. The summed E-state index contributed by atoms with van der Waals surface area (Å²) in [4.78, 5) is 2.43. The van der Waals surface area contributed by atoms with Crippen LogP contribution in [0.1, 0.15) is 0 Å².